The second kappa shape index (κ2) is 4.22. The van der Waals surface area contributed by atoms with Crippen LogP contribution in [-0.4, -0.2) is 35.1 Å². The topological polar surface area (TPSA) is 29.5 Å². The minimum Gasteiger partial charge on any atom is -0.444 e. The minimum absolute atomic E-state index is 0.101. The fourth-order valence-corrected chi connectivity index (χ4v) is 1.43. The van der Waals surface area contributed by atoms with E-state index in [1.807, 2.05) is 32.9 Å². The molecule has 0 aromatic rings. The van der Waals surface area contributed by atoms with Crippen molar-refractivity contribution in [1.29, 1.82) is 0 Å². The first-order chi connectivity index (χ1) is 6.38. The largest absolute Gasteiger partial charge is 0.444 e. The molecule has 1 atom stereocenters. The summed E-state index contributed by atoms with van der Waals surface area (Å²) in [7, 11) is 0. The van der Waals surface area contributed by atoms with Crippen molar-refractivity contribution < 1.29 is 9.53 Å². The van der Waals surface area contributed by atoms with Crippen molar-refractivity contribution in [2.45, 2.75) is 31.7 Å². The molecule has 0 radical (unpaired) electrons. The Labute approximate surface area is 89.7 Å². The first kappa shape index (κ1) is 11.4. The Balaban J connectivity index is 2.50. The van der Waals surface area contributed by atoms with Crippen molar-refractivity contribution in [2.75, 3.05) is 13.1 Å². The third-order valence-corrected chi connectivity index (χ3v) is 2.00. The predicted molar refractivity (Wildman–Crippen MR) is 56.6 cm³/mol. The van der Waals surface area contributed by atoms with Gasteiger partial charge in [0.2, 0.25) is 0 Å². The van der Waals surface area contributed by atoms with Crippen molar-refractivity contribution in [3.05, 3.63) is 12.2 Å². The predicted octanol–water partition coefficient (Wildman–Crippen LogP) is 2.40. The number of hydrogen-bond donors (Lipinski definition) is 0. The molecule has 1 aliphatic heterocycles. The zero-order valence-corrected chi connectivity index (χ0v) is 9.54. The monoisotopic (exact) mass is 217 g/mol. The number of carbonyl (C=O) groups is 1. The minimum atomic E-state index is -0.444. The van der Waals surface area contributed by atoms with Crippen LogP contribution in [0.4, 0.5) is 4.79 Å². The highest BCUT2D eigenvalue weighted by Gasteiger charge is 2.24. The van der Waals surface area contributed by atoms with E-state index in [4.69, 9.17) is 16.3 Å². The Bertz CT molecular complexity index is 245. The standard InChI is InChI=1S/C10H16ClNO2/c1-10(2,3)14-9(13)12-6-4-5-8(11)7-12/h4-5,8H,6-7H2,1-3H3. The smallest absolute Gasteiger partial charge is 0.410 e. The van der Waals surface area contributed by atoms with Crippen LogP contribution in [0.3, 0.4) is 0 Å². The molecule has 0 fully saturated rings. The number of hydrogen-bond acceptors (Lipinski definition) is 2. The highest BCUT2D eigenvalue weighted by molar-refractivity contribution is 6.22. The second-order valence-electron chi connectivity index (χ2n) is 4.33. The Kier molecular flexibility index (Phi) is 3.43. The molecule has 0 saturated heterocycles. The van der Waals surface area contributed by atoms with Crippen LogP contribution in [0, 0.1) is 0 Å². The van der Waals surface area contributed by atoms with Crippen molar-refractivity contribution >= 4 is 17.7 Å². The molecular formula is C10H16ClNO2. The Morgan fingerprint density at radius 1 is 1.57 bits per heavy atom. The molecule has 0 aliphatic carbocycles. The summed E-state index contributed by atoms with van der Waals surface area (Å²) in [5, 5.41) is -0.101. The van der Waals surface area contributed by atoms with Gasteiger partial charge in [0.15, 0.2) is 0 Å². The van der Waals surface area contributed by atoms with Gasteiger partial charge < -0.3 is 9.64 Å². The highest BCUT2D eigenvalue weighted by Crippen LogP contribution is 2.14. The molecule has 0 saturated carbocycles. The van der Waals surface area contributed by atoms with Crippen LogP contribution in [0.25, 0.3) is 0 Å². The molecule has 80 valence electrons. The SMILES string of the molecule is CC(C)(C)OC(=O)N1CC=CC(Cl)C1. The van der Waals surface area contributed by atoms with Gasteiger partial charge in [0.1, 0.15) is 5.60 Å². The van der Waals surface area contributed by atoms with Crippen LogP contribution < -0.4 is 0 Å². The lowest BCUT2D eigenvalue weighted by molar-refractivity contribution is 0.0270. The van der Waals surface area contributed by atoms with Gasteiger partial charge >= 0.3 is 6.09 Å². The zero-order chi connectivity index (χ0) is 10.8. The molecule has 0 N–H and O–H groups in total. The molecule has 14 heavy (non-hydrogen) atoms. The summed E-state index contributed by atoms with van der Waals surface area (Å²) in [5.41, 5.74) is -0.444. The molecule has 1 amide bonds. The molecular weight excluding hydrogens is 202 g/mol. The lowest BCUT2D eigenvalue weighted by Gasteiger charge is -2.29. The molecule has 1 heterocycles. The normalized spacial score (nSPS) is 22.3. The number of nitrogens with zero attached hydrogens (tertiary/aromatic N) is 1. The maximum Gasteiger partial charge on any atom is 0.410 e. The van der Waals surface area contributed by atoms with Crippen LogP contribution in [0.1, 0.15) is 20.8 Å². The van der Waals surface area contributed by atoms with E-state index in [2.05, 4.69) is 0 Å². The molecule has 1 aliphatic rings. The van der Waals surface area contributed by atoms with Gasteiger partial charge in [-0.25, -0.2) is 4.79 Å². The quantitative estimate of drug-likeness (QED) is 0.461. The van der Waals surface area contributed by atoms with Gasteiger partial charge in [0.05, 0.1) is 5.38 Å². The van der Waals surface area contributed by atoms with Gasteiger partial charge in [-0.1, -0.05) is 12.2 Å². The average Bonchev–Trinajstić information content (AvgIpc) is 2.01. The zero-order valence-electron chi connectivity index (χ0n) is 8.79. The van der Waals surface area contributed by atoms with Gasteiger partial charge in [-0.05, 0) is 20.8 Å². The Morgan fingerprint density at radius 3 is 2.71 bits per heavy atom. The van der Waals surface area contributed by atoms with Gasteiger partial charge in [0.25, 0.3) is 0 Å². The summed E-state index contributed by atoms with van der Waals surface area (Å²) in [5.74, 6) is 0. The van der Waals surface area contributed by atoms with E-state index in [1.165, 1.54) is 0 Å². The number of ether oxygens (including phenoxy) is 1. The summed E-state index contributed by atoms with van der Waals surface area (Å²) in [6, 6.07) is 0. The number of rotatable bonds is 0. The van der Waals surface area contributed by atoms with Crippen molar-refractivity contribution in [3.8, 4) is 0 Å². The van der Waals surface area contributed by atoms with Gasteiger partial charge in [-0.3, -0.25) is 0 Å². The van der Waals surface area contributed by atoms with Crippen LogP contribution >= 0.6 is 11.6 Å². The van der Waals surface area contributed by atoms with E-state index < -0.39 is 5.60 Å². The van der Waals surface area contributed by atoms with Gasteiger partial charge in [0, 0.05) is 13.1 Å². The van der Waals surface area contributed by atoms with E-state index in [-0.39, 0.29) is 11.5 Å². The van der Waals surface area contributed by atoms with E-state index in [9.17, 15) is 4.79 Å². The molecule has 1 rings (SSSR count). The first-order valence-electron chi connectivity index (χ1n) is 4.67. The summed E-state index contributed by atoms with van der Waals surface area (Å²) in [6.45, 7) is 6.65. The van der Waals surface area contributed by atoms with Crippen molar-refractivity contribution in [2.24, 2.45) is 0 Å². The Morgan fingerprint density at radius 2 is 2.21 bits per heavy atom. The van der Waals surface area contributed by atoms with Crippen LogP contribution in [0.15, 0.2) is 12.2 Å². The highest BCUT2D eigenvalue weighted by atomic mass is 35.5. The maximum atomic E-state index is 11.6. The number of halogens is 1. The number of carbonyl (C=O) groups excluding carboxylic acids is 1. The van der Waals surface area contributed by atoms with E-state index >= 15 is 0 Å². The molecule has 0 aromatic carbocycles. The fourth-order valence-electron chi connectivity index (χ4n) is 1.16. The molecule has 0 bridgehead atoms. The molecule has 3 nitrogen and oxygen atoms in total. The van der Waals surface area contributed by atoms with Crippen LogP contribution in [0.5, 0.6) is 0 Å². The van der Waals surface area contributed by atoms with Crippen molar-refractivity contribution in [1.82, 2.24) is 4.90 Å². The van der Waals surface area contributed by atoms with E-state index in [1.54, 1.807) is 4.90 Å². The van der Waals surface area contributed by atoms with E-state index in [0.717, 1.165) is 0 Å². The number of amides is 1. The molecule has 4 heteroatoms. The Hall–Kier alpha value is -0.700. The molecule has 1 unspecified atom stereocenters. The fraction of sp³-hybridized carbons (Fsp3) is 0.700. The summed E-state index contributed by atoms with van der Waals surface area (Å²) < 4.78 is 5.22. The van der Waals surface area contributed by atoms with E-state index in [0.29, 0.717) is 13.1 Å². The van der Waals surface area contributed by atoms with Gasteiger partial charge in [-0.15, -0.1) is 11.6 Å². The lowest BCUT2D eigenvalue weighted by atomic mass is 10.2. The summed E-state index contributed by atoms with van der Waals surface area (Å²) in [6.07, 6.45) is 3.47. The second-order valence-corrected chi connectivity index (χ2v) is 4.89. The van der Waals surface area contributed by atoms with Crippen molar-refractivity contribution in [3.63, 3.8) is 0 Å². The summed E-state index contributed by atoms with van der Waals surface area (Å²) >= 11 is 5.89. The average molecular weight is 218 g/mol. The van der Waals surface area contributed by atoms with Crippen LogP contribution in [0.2, 0.25) is 0 Å². The molecule has 0 spiro atoms. The number of alkyl halides is 1. The third-order valence-electron chi connectivity index (χ3n) is 1.72. The third kappa shape index (κ3) is 3.58. The summed E-state index contributed by atoms with van der Waals surface area (Å²) in [4.78, 5) is 13.2. The molecule has 0 aromatic heterocycles. The maximum absolute atomic E-state index is 11.6. The van der Waals surface area contributed by atoms with Gasteiger partial charge in [-0.2, -0.15) is 0 Å². The van der Waals surface area contributed by atoms with Crippen LogP contribution in [-0.2, 0) is 4.74 Å². The lowest BCUT2D eigenvalue weighted by Crippen LogP contribution is -2.41. The first-order valence-corrected chi connectivity index (χ1v) is 5.11.